The number of rotatable bonds is 39. The molecule has 0 aromatic carbocycles. The van der Waals surface area contributed by atoms with Gasteiger partial charge in [0.25, 0.3) is 0 Å². The minimum absolute atomic E-state index is 0.0866. The number of hydrogen-bond donors (Lipinski definition) is 2. The van der Waals surface area contributed by atoms with Gasteiger partial charge in [-0.1, -0.05) is 41.5 Å². The Morgan fingerprint density at radius 1 is 0.270 bits per heavy atom. The number of aliphatic hydroxyl groups excluding tert-OH is 2. The Morgan fingerprint density at radius 2 is 0.476 bits per heavy atom. The molecule has 15 heteroatoms. The molecule has 0 heterocycles. The smallest absolute Gasteiger partial charge is 0.0704 e. The summed E-state index contributed by atoms with van der Waals surface area (Å²) in [6.45, 7) is 40.9. The lowest BCUT2D eigenvalue weighted by molar-refractivity contribution is -0.00555. The average Bonchev–Trinajstić information content (AvgIpc) is 3.30. The van der Waals surface area contributed by atoms with Crippen molar-refractivity contribution in [2.45, 2.75) is 172 Å². The highest BCUT2D eigenvalue weighted by Gasteiger charge is 2.00. The highest BCUT2D eigenvalue weighted by Crippen LogP contribution is 1.98. The fourth-order valence-electron chi connectivity index (χ4n) is 3.45. The zero-order valence-corrected chi connectivity index (χ0v) is 44.1. The molecule has 0 amide bonds. The summed E-state index contributed by atoms with van der Waals surface area (Å²) in [5.41, 5.74) is 0. The fraction of sp³-hybridized carbons (Fsp3) is 1.00. The van der Waals surface area contributed by atoms with Gasteiger partial charge in [0, 0.05) is 27.4 Å². The third kappa shape index (κ3) is 85.3. The quantitative estimate of drug-likeness (QED) is 0.0568. The minimum Gasteiger partial charge on any atom is -0.394 e. The van der Waals surface area contributed by atoms with Crippen LogP contribution in [0.5, 0.6) is 0 Å². The van der Waals surface area contributed by atoms with Crippen LogP contribution < -0.4 is 0 Å². The van der Waals surface area contributed by atoms with E-state index in [1.165, 1.54) is 0 Å². The SMILES string of the molecule is CCC(C)OCCO.CCC(C)OCCOC.CCC(C)OCCOCCO.CCC(C)OCCOCCOC.CCOCCOC(C)CC.CCOCCOCCOC(C)CC. The summed E-state index contributed by atoms with van der Waals surface area (Å²) in [5.74, 6) is 0. The Hall–Kier alpha value is -0.600. The number of aliphatic hydroxyl groups is 2. The van der Waals surface area contributed by atoms with Crippen molar-refractivity contribution in [2.24, 2.45) is 0 Å². The van der Waals surface area contributed by atoms with Crippen LogP contribution in [0.3, 0.4) is 0 Å². The molecule has 0 aliphatic rings. The molecule has 0 fully saturated rings. The van der Waals surface area contributed by atoms with Crippen molar-refractivity contribution in [3.8, 4) is 0 Å². The van der Waals surface area contributed by atoms with Crippen molar-refractivity contribution in [1.82, 2.24) is 0 Å². The van der Waals surface area contributed by atoms with Crippen LogP contribution in [0.1, 0.15) is 135 Å². The molecule has 0 aliphatic carbocycles. The molecule has 0 saturated carbocycles. The van der Waals surface area contributed by atoms with Crippen molar-refractivity contribution in [3.63, 3.8) is 0 Å². The molecule has 0 saturated heterocycles. The predicted molar refractivity (Wildman–Crippen MR) is 258 cm³/mol. The summed E-state index contributed by atoms with van der Waals surface area (Å²) in [5, 5.41) is 16.6. The molecule has 6 unspecified atom stereocenters. The van der Waals surface area contributed by atoms with E-state index in [2.05, 4.69) is 69.2 Å². The first kappa shape index (κ1) is 74.0. The van der Waals surface area contributed by atoms with Crippen molar-refractivity contribution >= 4 is 0 Å². The third-order valence-electron chi connectivity index (χ3n) is 8.60. The van der Waals surface area contributed by atoms with E-state index in [1.54, 1.807) is 14.2 Å². The van der Waals surface area contributed by atoms with Crippen LogP contribution in [0.15, 0.2) is 0 Å². The molecule has 15 nitrogen and oxygen atoms in total. The van der Waals surface area contributed by atoms with E-state index < -0.39 is 0 Å². The monoisotopic (exact) mass is 925 g/mol. The maximum atomic E-state index is 8.36. The average molecular weight is 925 g/mol. The highest BCUT2D eigenvalue weighted by atomic mass is 16.6. The first-order valence-corrected chi connectivity index (χ1v) is 24.1. The van der Waals surface area contributed by atoms with E-state index in [-0.39, 0.29) is 13.2 Å². The van der Waals surface area contributed by atoms with Gasteiger partial charge in [-0.05, 0) is 93.9 Å². The van der Waals surface area contributed by atoms with Crippen molar-refractivity contribution in [1.29, 1.82) is 0 Å². The summed E-state index contributed by atoms with van der Waals surface area (Å²) >= 11 is 0. The van der Waals surface area contributed by atoms with Gasteiger partial charge in [0.1, 0.15) is 0 Å². The van der Waals surface area contributed by atoms with Gasteiger partial charge >= 0.3 is 0 Å². The number of hydrogen-bond acceptors (Lipinski definition) is 15. The Morgan fingerprint density at radius 3 is 0.746 bits per heavy atom. The second kappa shape index (κ2) is 70.4. The van der Waals surface area contributed by atoms with Crippen LogP contribution >= 0.6 is 0 Å². The molecular formula is C48H108O15. The molecular weight excluding hydrogens is 817 g/mol. The third-order valence-corrected chi connectivity index (χ3v) is 8.60. The van der Waals surface area contributed by atoms with Gasteiger partial charge in [-0.3, -0.25) is 0 Å². The summed E-state index contributed by atoms with van der Waals surface area (Å²) in [7, 11) is 3.35. The van der Waals surface area contributed by atoms with E-state index in [4.69, 9.17) is 71.8 Å². The number of ether oxygens (including phenoxy) is 13. The molecule has 0 rings (SSSR count). The summed E-state index contributed by atoms with van der Waals surface area (Å²) in [6, 6.07) is 0. The Kier molecular flexibility index (Phi) is 82.7. The molecule has 0 aromatic heterocycles. The lowest BCUT2D eigenvalue weighted by Gasteiger charge is -2.10. The Bertz CT molecular complexity index is 715. The van der Waals surface area contributed by atoms with E-state index in [0.29, 0.717) is 129 Å². The van der Waals surface area contributed by atoms with Crippen molar-refractivity contribution in [3.05, 3.63) is 0 Å². The van der Waals surface area contributed by atoms with Crippen LogP contribution in [0, 0.1) is 0 Å². The molecule has 0 bridgehead atoms. The lowest BCUT2D eigenvalue weighted by Crippen LogP contribution is -2.13. The van der Waals surface area contributed by atoms with Gasteiger partial charge in [0.05, 0.1) is 156 Å². The first-order chi connectivity index (χ1) is 30.3. The fourth-order valence-corrected chi connectivity index (χ4v) is 3.45. The Balaban J connectivity index is -0.000000156. The van der Waals surface area contributed by atoms with Crippen LogP contribution in [0.25, 0.3) is 0 Å². The van der Waals surface area contributed by atoms with Gasteiger partial charge in [-0.2, -0.15) is 0 Å². The molecule has 6 atom stereocenters. The number of methoxy groups -OCH3 is 2. The van der Waals surface area contributed by atoms with Gasteiger partial charge in [-0.15, -0.1) is 0 Å². The van der Waals surface area contributed by atoms with Gasteiger partial charge < -0.3 is 71.8 Å². The van der Waals surface area contributed by atoms with Crippen molar-refractivity contribution < 1.29 is 71.8 Å². The maximum absolute atomic E-state index is 8.36. The molecule has 2 N–H and O–H groups in total. The second-order valence-electron chi connectivity index (χ2n) is 14.2. The van der Waals surface area contributed by atoms with Crippen LogP contribution in [0.2, 0.25) is 0 Å². The molecule has 0 aliphatic heterocycles. The zero-order chi connectivity index (χ0) is 49.0. The normalized spacial score (nSPS) is 13.4. The predicted octanol–water partition coefficient (Wildman–Crippen LogP) is 8.21. The van der Waals surface area contributed by atoms with Crippen molar-refractivity contribution in [2.75, 3.05) is 146 Å². The molecule has 0 aromatic rings. The van der Waals surface area contributed by atoms with E-state index in [9.17, 15) is 0 Å². The van der Waals surface area contributed by atoms with Gasteiger partial charge in [0.15, 0.2) is 0 Å². The maximum Gasteiger partial charge on any atom is 0.0704 e. The van der Waals surface area contributed by atoms with E-state index in [1.807, 2.05) is 27.7 Å². The Labute approximate surface area is 389 Å². The van der Waals surface area contributed by atoms with Crippen LogP contribution in [-0.2, 0) is 61.6 Å². The molecule has 0 radical (unpaired) electrons. The molecule has 390 valence electrons. The van der Waals surface area contributed by atoms with Crippen LogP contribution in [0.4, 0.5) is 0 Å². The topological polar surface area (TPSA) is 160 Å². The van der Waals surface area contributed by atoms with Gasteiger partial charge in [0.2, 0.25) is 0 Å². The highest BCUT2D eigenvalue weighted by molar-refractivity contribution is 4.47. The molecule has 63 heavy (non-hydrogen) atoms. The summed E-state index contributed by atoms with van der Waals surface area (Å²) in [6.07, 6.45) is 8.34. The lowest BCUT2D eigenvalue weighted by atomic mass is 10.3. The van der Waals surface area contributed by atoms with Gasteiger partial charge in [-0.25, -0.2) is 0 Å². The van der Waals surface area contributed by atoms with Crippen LogP contribution in [-0.4, -0.2) is 193 Å². The van der Waals surface area contributed by atoms with E-state index >= 15 is 0 Å². The zero-order valence-electron chi connectivity index (χ0n) is 44.1. The molecule has 0 spiro atoms. The minimum atomic E-state index is 0.0866. The van der Waals surface area contributed by atoms with E-state index in [0.717, 1.165) is 65.0 Å². The second-order valence-corrected chi connectivity index (χ2v) is 14.2. The summed E-state index contributed by atoms with van der Waals surface area (Å²) in [4.78, 5) is 0. The first-order valence-electron chi connectivity index (χ1n) is 24.1. The largest absolute Gasteiger partial charge is 0.394 e. The standard InChI is InChI=1S/C10H22O3.C9H20O3.C8H18O3.C8H18O2.C7H16O2.C6H14O2/c1-4-10(3)13-9-8-12-7-6-11-5-2;1-4-9(2)12-8-7-11-6-5-10-3;1-3-8(2)11-7-6-10-5-4-9;1-4-8(3)10-7-6-9-5-2;1-4-7(2)9-6-5-8-3;1-3-6(2)8-5-4-7/h10H,4-9H2,1-3H3;9H,4-8H2,1-3H3;8-9H,3-7H2,1-2H3;8H,4-7H2,1-3H3;7H,4-6H2,1-3H3;6-7H,3-5H2,1-2H3. The summed E-state index contributed by atoms with van der Waals surface area (Å²) < 4.78 is 67.3.